The molecule has 5 unspecified atom stereocenters. The minimum Gasteiger partial charge on any atom is -0.344 e. The number of fused-ring (bicyclic) bond motifs is 7. The van der Waals surface area contributed by atoms with Gasteiger partial charge in [-0.3, -0.25) is 16.0 Å². The predicted molar refractivity (Wildman–Crippen MR) is 327 cm³/mol. The summed E-state index contributed by atoms with van der Waals surface area (Å²) in [5, 5.41) is 18.3. The number of nitrogens with one attached hydrogen (secondary N) is 4. The number of amidine groups is 2. The van der Waals surface area contributed by atoms with Gasteiger partial charge in [0.05, 0.1) is 46.9 Å². The van der Waals surface area contributed by atoms with E-state index in [4.69, 9.17) is 9.98 Å². The van der Waals surface area contributed by atoms with Gasteiger partial charge in [-0.1, -0.05) is 243 Å². The number of benzene rings is 10. The first-order valence-electron chi connectivity index (χ1n) is 27.7. The standard InChI is InChI=1S/C72H56N8/c1-7-25-47(26-8-1)54-37-19-20-39-56(54)71-76-69(51-33-15-5-16-34-51)77-72(78-71)60-45-52(70-74-67(49-29-11-3-12-30-49)73-68(75-70)50-31-13-4-14-32-50)43-44-63(60)80-61-41-23-21-38-55(61)59-46-58(48-27-9-2-10-28-48)65-64(66(59)80)57-40-22-24-42-62(57)79(65)53-35-17-6-18-36-53/h1-46,55,61,67-70,73-75H,(H,76,77,78). The molecule has 0 spiro atoms. The van der Waals surface area contributed by atoms with E-state index in [1.165, 1.54) is 38.7 Å². The number of hydrogen-bond donors (Lipinski definition) is 4. The Morgan fingerprint density at radius 2 is 0.963 bits per heavy atom. The maximum Gasteiger partial charge on any atom is 0.160 e. The second-order valence-electron chi connectivity index (χ2n) is 21.0. The summed E-state index contributed by atoms with van der Waals surface area (Å²) >= 11 is 0. The lowest BCUT2D eigenvalue weighted by Crippen LogP contribution is -2.54. The molecule has 4 aliphatic rings. The van der Waals surface area contributed by atoms with Crippen molar-refractivity contribution in [2.24, 2.45) is 9.98 Å². The van der Waals surface area contributed by atoms with Crippen LogP contribution >= 0.6 is 0 Å². The van der Waals surface area contributed by atoms with E-state index < -0.39 is 6.17 Å². The molecule has 1 saturated heterocycles. The van der Waals surface area contributed by atoms with Crippen LogP contribution in [0.1, 0.15) is 69.5 Å². The molecule has 8 heteroatoms. The van der Waals surface area contributed by atoms with Gasteiger partial charge in [-0.05, 0) is 80.9 Å². The van der Waals surface area contributed by atoms with Crippen molar-refractivity contribution in [3.05, 3.63) is 318 Å². The molecule has 15 rings (SSSR count). The lowest BCUT2D eigenvalue weighted by Gasteiger charge is -2.40. The largest absolute Gasteiger partial charge is 0.344 e. The van der Waals surface area contributed by atoms with E-state index in [0.717, 1.165) is 67.2 Å². The predicted octanol–water partition coefficient (Wildman–Crippen LogP) is 15.5. The Morgan fingerprint density at radius 1 is 0.425 bits per heavy atom. The van der Waals surface area contributed by atoms with Crippen LogP contribution in [-0.2, 0) is 0 Å². The monoisotopic (exact) mass is 1030 g/mol. The van der Waals surface area contributed by atoms with E-state index in [0.29, 0.717) is 5.84 Å². The number of allylic oxidation sites excluding steroid dienone is 2. The van der Waals surface area contributed by atoms with Crippen LogP contribution in [0.25, 0.3) is 49.7 Å². The van der Waals surface area contributed by atoms with Crippen molar-refractivity contribution < 1.29 is 0 Å². The van der Waals surface area contributed by atoms with Gasteiger partial charge < -0.3 is 14.8 Å². The summed E-state index contributed by atoms with van der Waals surface area (Å²) in [6.45, 7) is 0. The molecule has 1 aliphatic carbocycles. The van der Waals surface area contributed by atoms with Gasteiger partial charge in [0.25, 0.3) is 0 Å². The maximum absolute atomic E-state index is 5.74. The fraction of sp³-hybridized carbons (Fsp3) is 0.0833. The minimum atomic E-state index is -0.445. The van der Waals surface area contributed by atoms with E-state index >= 15 is 0 Å². The van der Waals surface area contributed by atoms with Gasteiger partial charge in [0.15, 0.2) is 5.84 Å². The van der Waals surface area contributed by atoms with Crippen molar-refractivity contribution in [1.82, 2.24) is 25.8 Å². The smallest absolute Gasteiger partial charge is 0.160 e. The molecule has 80 heavy (non-hydrogen) atoms. The third-order valence-electron chi connectivity index (χ3n) is 16.3. The summed E-state index contributed by atoms with van der Waals surface area (Å²) < 4.78 is 2.48. The Bertz CT molecular complexity index is 4160. The van der Waals surface area contributed by atoms with Gasteiger partial charge in [-0.25, -0.2) is 9.98 Å². The zero-order valence-electron chi connectivity index (χ0n) is 43.8. The highest BCUT2D eigenvalue weighted by Crippen LogP contribution is 2.56. The number of anilines is 2. The van der Waals surface area contributed by atoms with Crippen LogP contribution < -0.4 is 26.2 Å². The highest BCUT2D eigenvalue weighted by atomic mass is 15.4. The first kappa shape index (κ1) is 47.5. The van der Waals surface area contributed by atoms with E-state index in [1.807, 2.05) is 0 Å². The Hall–Kier alpha value is -9.70. The average Bonchev–Trinajstić information content (AvgIpc) is 4.18. The molecule has 1 fully saturated rings. The van der Waals surface area contributed by atoms with E-state index in [1.54, 1.807) is 0 Å². The van der Waals surface area contributed by atoms with Gasteiger partial charge in [-0.15, -0.1) is 0 Å². The molecule has 384 valence electrons. The lowest BCUT2D eigenvalue weighted by atomic mass is 9.88. The fourth-order valence-electron chi connectivity index (χ4n) is 12.6. The Morgan fingerprint density at radius 3 is 1.62 bits per heavy atom. The summed E-state index contributed by atoms with van der Waals surface area (Å²) in [7, 11) is 0. The molecule has 8 nitrogen and oxygen atoms in total. The zero-order valence-corrected chi connectivity index (χ0v) is 43.8. The van der Waals surface area contributed by atoms with Crippen molar-refractivity contribution in [1.29, 1.82) is 0 Å². The summed E-state index contributed by atoms with van der Waals surface area (Å²) in [6, 6.07) is 91.2. The fourth-order valence-corrected chi connectivity index (χ4v) is 12.6. The molecular formula is C72H56N8. The quantitative estimate of drug-likeness (QED) is 0.110. The number of aromatic nitrogens is 1. The highest BCUT2D eigenvalue weighted by molar-refractivity contribution is 6.22. The number of nitrogens with zero attached hydrogens (tertiary/aromatic N) is 4. The molecule has 4 heterocycles. The van der Waals surface area contributed by atoms with E-state index in [9.17, 15) is 0 Å². The Labute approximate surface area is 465 Å². The molecule has 0 bridgehead atoms. The van der Waals surface area contributed by atoms with Crippen molar-refractivity contribution in [3.8, 4) is 27.9 Å². The van der Waals surface area contributed by atoms with E-state index in [-0.39, 0.29) is 30.5 Å². The summed E-state index contributed by atoms with van der Waals surface area (Å²) in [5.74, 6) is 1.45. The van der Waals surface area contributed by atoms with Gasteiger partial charge in [-0.2, -0.15) is 0 Å². The molecule has 0 saturated carbocycles. The number of rotatable bonds is 10. The van der Waals surface area contributed by atoms with Crippen molar-refractivity contribution >= 4 is 44.9 Å². The van der Waals surface area contributed by atoms with Crippen LogP contribution in [0.3, 0.4) is 0 Å². The summed E-state index contributed by atoms with van der Waals surface area (Å²) in [5.41, 5.74) is 17.9. The number of hydrogen-bond acceptors (Lipinski definition) is 7. The van der Waals surface area contributed by atoms with Crippen LogP contribution in [0.2, 0.25) is 0 Å². The molecule has 5 atom stereocenters. The first-order valence-corrected chi connectivity index (χ1v) is 27.7. The van der Waals surface area contributed by atoms with Crippen LogP contribution in [0.4, 0.5) is 11.4 Å². The molecule has 4 N–H and O–H groups in total. The normalized spacial score (nSPS) is 20.2. The first-order chi connectivity index (χ1) is 39.7. The SMILES string of the molecule is C1=CC2c3cc(-c4ccccc4)c4c(c3N(c3ccc(C5NC(c6ccccc6)NC(c6ccccc6)N5)cc3C3=NC(c5ccccc5-c5ccccc5)=NC(c5ccccc5)N3)C2C=C1)c1ccccc1n4-c1ccccc1. The van der Waals surface area contributed by atoms with Crippen molar-refractivity contribution in [2.75, 3.05) is 4.90 Å². The molecule has 11 aromatic rings. The topological polar surface area (TPSA) is 81.0 Å². The van der Waals surface area contributed by atoms with Gasteiger partial charge in [0.1, 0.15) is 12.0 Å². The third-order valence-corrected chi connectivity index (χ3v) is 16.3. The molecule has 3 aliphatic heterocycles. The lowest BCUT2D eigenvalue weighted by molar-refractivity contribution is 0.203. The molecule has 0 radical (unpaired) electrons. The Kier molecular flexibility index (Phi) is 12.0. The maximum atomic E-state index is 5.74. The van der Waals surface area contributed by atoms with Crippen LogP contribution in [0.5, 0.6) is 0 Å². The van der Waals surface area contributed by atoms with Crippen LogP contribution in [0.15, 0.2) is 289 Å². The van der Waals surface area contributed by atoms with Crippen LogP contribution in [0, 0.1) is 0 Å². The zero-order chi connectivity index (χ0) is 52.9. The minimum absolute atomic E-state index is 0.0485. The second-order valence-corrected chi connectivity index (χ2v) is 21.0. The average molecular weight is 1030 g/mol. The van der Waals surface area contributed by atoms with Gasteiger partial charge >= 0.3 is 0 Å². The van der Waals surface area contributed by atoms with E-state index in [2.05, 4.69) is 310 Å². The Balaban J connectivity index is 0.996. The number of para-hydroxylation sites is 2. The number of aliphatic imine (C=N–C) groups is 2. The molecular weight excluding hydrogens is 977 g/mol. The van der Waals surface area contributed by atoms with Crippen molar-refractivity contribution in [2.45, 2.75) is 36.6 Å². The summed E-state index contributed by atoms with van der Waals surface area (Å²) in [6.07, 6.45) is 8.21. The molecule has 0 amide bonds. The highest BCUT2D eigenvalue weighted by Gasteiger charge is 2.43. The van der Waals surface area contributed by atoms with Gasteiger partial charge in [0, 0.05) is 39.1 Å². The van der Waals surface area contributed by atoms with Crippen LogP contribution in [-0.4, -0.2) is 22.3 Å². The van der Waals surface area contributed by atoms with Gasteiger partial charge in [0.2, 0.25) is 0 Å². The third kappa shape index (κ3) is 8.37. The summed E-state index contributed by atoms with van der Waals surface area (Å²) in [4.78, 5) is 13.9. The molecule has 1 aromatic heterocycles. The van der Waals surface area contributed by atoms with Crippen molar-refractivity contribution in [3.63, 3.8) is 0 Å². The molecule has 10 aromatic carbocycles. The second kappa shape index (κ2) is 20.3.